The monoisotopic (exact) mass is 395 g/mol. The molecule has 3 aromatic rings. The summed E-state index contributed by atoms with van der Waals surface area (Å²) in [6.07, 6.45) is 3.94. The molecule has 1 N–H and O–H groups in total. The zero-order chi connectivity index (χ0) is 17.2. The SMILES string of the molecule is Cc1cc(Br)ccc1Nc1nncc(N2CCCc3ccccc32)n1. The number of hydrogen-bond acceptors (Lipinski definition) is 5. The molecule has 0 atom stereocenters. The van der Waals surface area contributed by atoms with Gasteiger partial charge in [0.2, 0.25) is 5.95 Å². The maximum Gasteiger partial charge on any atom is 0.249 e. The summed E-state index contributed by atoms with van der Waals surface area (Å²) in [4.78, 5) is 6.90. The van der Waals surface area contributed by atoms with Crippen LogP contribution in [0.15, 0.2) is 53.1 Å². The van der Waals surface area contributed by atoms with E-state index < -0.39 is 0 Å². The molecular weight excluding hydrogens is 378 g/mol. The van der Waals surface area contributed by atoms with Crippen LogP contribution >= 0.6 is 15.9 Å². The van der Waals surface area contributed by atoms with Gasteiger partial charge in [-0.2, -0.15) is 10.1 Å². The second-order valence-electron chi connectivity index (χ2n) is 6.11. The Labute approximate surface area is 155 Å². The minimum absolute atomic E-state index is 0.506. The largest absolute Gasteiger partial charge is 0.325 e. The topological polar surface area (TPSA) is 53.9 Å². The van der Waals surface area contributed by atoms with Crippen molar-refractivity contribution < 1.29 is 0 Å². The normalized spacial score (nSPS) is 13.4. The van der Waals surface area contributed by atoms with Crippen molar-refractivity contribution in [2.24, 2.45) is 0 Å². The summed E-state index contributed by atoms with van der Waals surface area (Å²) in [5.74, 6) is 1.32. The molecule has 0 spiro atoms. The number of nitrogens with one attached hydrogen (secondary N) is 1. The van der Waals surface area contributed by atoms with Gasteiger partial charge in [-0.25, -0.2) is 0 Å². The van der Waals surface area contributed by atoms with Crippen molar-refractivity contribution >= 4 is 39.1 Å². The molecule has 0 fully saturated rings. The quantitative estimate of drug-likeness (QED) is 0.691. The van der Waals surface area contributed by atoms with Gasteiger partial charge >= 0.3 is 0 Å². The van der Waals surface area contributed by atoms with Crippen LogP contribution in [-0.2, 0) is 6.42 Å². The lowest BCUT2D eigenvalue weighted by molar-refractivity contribution is 0.754. The number of fused-ring (bicyclic) bond motifs is 1. The zero-order valence-electron chi connectivity index (χ0n) is 13.9. The van der Waals surface area contributed by atoms with Gasteiger partial charge < -0.3 is 10.2 Å². The van der Waals surface area contributed by atoms with Gasteiger partial charge in [-0.05, 0) is 55.2 Å². The van der Waals surface area contributed by atoms with Crippen LogP contribution < -0.4 is 10.2 Å². The number of rotatable bonds is 3. The van der Waals surface area contributed by atoms with Gasteiger partial charge in [0.05, 0.1) is 6.20 Å². The highest BCUT2D eigenvalue weighted by Gasteiger charge is 2.19. The van der Waals surface area contributed by atoms with E-state index in [1.54, 1.807) is 6.20 Å². The van der Waals surface area contributed by atoms with Crippen LogP contribution in [0.4, 0.5) is 23.1 Å². The van der Waals surface area contributed by atoms with E-state index in [1.807, 2.05) is 19.1 Å². The molecule has 4 rings (SSSR count). The van der Waals surface area contributed by atoms with Crippen molar-refractivity contribution in [2.45, 2.75) is 19.8 Å². The Balaban J connectivity index is 1.64. The first kappa shape index (κ1) is 16.0. The fourth-order valence-electron chi connectivity index (χ4n) is 3.14. The third-order valence-corrected chi connectivity index (χ3v) is 4.86. The molecule has 0 aliphatic carbocycles. The highest BCUT2D eigenvalue weighted by molar-refractivity contribution is 9.10. The first-order valence-corrected chi connectivity index (χ1v) is 9.08. The van der Waals surface area contributed by atoms with Crippen molar-refractivity contribution in [2.75, 3.05) is 16.8 Å². The molecular formula is C19H18BrN5. The molecule has 0 radical (unpaired) electrons. The number of anilines is 4. The summed E-state index contributed by atoms with van der Waals surface area (Å²) < 4.78 is 1.05. The van der Waals surface area contributed by atoms with E-state index in [-0.39, 0.29) is 0 Å². The van der Waals surface area contributed by atoms with E-state index in [1.165, 1.54) is 11.3 Å². The molecule has 126 valence electrons. The number of para-hydroxylation sites is 1. The lowest BCUT2D eigenvalue weighted by Gasteiger charge is -2.30. The third-order valence-electron chi connectivity index (χ3n) is 4.37. The van der Waals surface area contributed by atoms with E-state index in [0.29, 0.717) is 5.95 Å². The van der Waals surface area contributed by atoms with E-state index in [9.17, 15) is 0 Å². The summed E-state index contributed by atoms with van der Waals surface area (Å²) in [5, 5.41) is 11.6. The fraction of sp³-hybridized carbons (Fsp3) is 0.211. The summed E-state index contributed by atoms with van der Waals surface area (Å²) in [5.41, 5.74) is 4.65. The van der Waals surface area contributed by atoms with Gasteiger partial charge in [0.15, 0.2) is 5.82 Å². The van der Waals surface area contributed by atoms with Gasteiger partial charge in [0, 0.05) is 22.4 Å². The van der Waals surface area contributed by atoms with Crippen LogP contribution in [0.3, 0.4) is 0 Å². The smallest absolute Gasteiger partial charge is 0.249 e. The Bertz CT molecular complexity index is 912. The van der Waals surface area contributed by atoms with Crippen LogP contribution in [-0.4, -0.2) is 21.7 Å². The van der Waals surface area contributed by atoms with Gasteiger partial charge in [-0.15, -0.1) is 5.10 Å². The Kier molecular flexibility index (Phi) is 4.36. The minimum atomic E-state index is 0.506. The predicted molar refractivity (Wildman–Crippen MR) is 104 cm³/mol. The van der Waals surface area contributed by atoms with E-state index in [2.05, 4.69) is 71.7 Å². The molecule has 5 nitrogen and oxygen atoms in total. The minimum Gasteiger partial charge on any atom is -0.325 e. The molecule has 0 bridgehead atoms. The van der Waals surface area contributed by atoms with Crippen LogP contribution in [0.2, 0.25) is 0 Å². The Hall–Kier alpha value is -2.47. The number of halogens is 1. The summed E-state index contributed by atoms with van der Waals surface area (Å²) in [7, 11) is 0. The molecule has 1 aliphatic heterocycles. The van der Waals surface area contributed by atoms with Gasteiger partial charge in [-0.1, -0.05) is 34.1 Å². The number of aryl methyl sites for hydroxylation is 2. The zero-order valence-corrected chi connectivity index (χ0v) is 15.5. The molecule has 2 heterocycles. The fourth-order valence-corrected chi connectivity index (χ4v) is 3.61. The maximum absolute atomic E-state index is 4.68. The van der Waals surface area contributed by atoms with Crippen LogP contribution in [0, 0.1) is 6.92 Å². The second kappa shape index (κ2) is 6.80. The van der Waals surface area contributed by atoms with Gasteiger partial charge in [-0.3, -0.25) is 0 Å². The molecule has 0 saturated heterocycles. The highest BCUT2D eigenvalue weighted by Crippen LogP contribution is 2.32. The van der Waals surface area contributed by atoms with Crippen molar-refractivity contribution in [1.29, 1.82) is 0 Å². The number of hydrogen-bond donors (Lipinski definition) is 1. The molecule has 1 aromatic heterocycles. The molecule has 25 heavy (non-hydrogen) atoms. The molecule has 2 aromatic carbocycles. The molecule has 0 unspecified atom stereocenters. The van der Waals surface area contributed by atoms with Crippen LogP contribution in [0.5, 0.6) is 0 Å². The van der Waals surface area contributed by atoms with Gasteiger partial charge in [0.1, 0.15) is 0 Å². The average molecular weight is 396 g/mol. The van der Waals surface area contributed by atoms with Crippen LogP contribution in [0.1, 0.15) is 17.5 Å². The third kappa shape index (κ3) is 3.35. The van der Waals surface area contributed by atoms with Crippen molar-refractivity contribution in [3.63, 3.8) is 0 Å². The Morgan fingerprint density at radius 2 is 2.04 bits per heavy atom. The first-order valence-electron chi connectivity index (χ1n) is 8.29. The summed E-state index contributed by atoms with van der Waals surface area (Å²) in [6, 6.07) is 14.5. The summed E-state index contributed by atoms with van der Waals surface area (Å²) in [6.45, 7) is 2.98. The number of aromatic nitrogens is 3. The molecule has 6 heteroatoms. The molecule has 1 aliphatic rings. The van der Waals surface area contributed by atoms with Crippen molar-refractivity contribution in [1.82, 2.24) is 15.2 Å². The standard InChI is InChI=1S/C19H18BrN5/c1-13-11-15(20)8-9-16(13)22-19-23-18(12-21-24-19)25-10-4-6-14-5-2-3-7-17(14)25/h2-3,5,7-9,11-12H,4,6,10H2,1H3,(H,22,23,24). The number of nitrogens with zero attached hydrogens (tertiary/aromatic N) is 4. The summed E-state index contributed by atoms with van der Waals surface area (Å²) >= 11 is 3.48. The first-order chi connectivity index (χ1) is 12.2. The average Bonchev–Trinajstić information content (AvgIpc) is 2.64. The maximum atomic E-state index is 4.68. The van der Waals surface area contributed by atoms with Crippen molar-refractivity contribution in [3.05, 3.63) is 64.3 Å². The second-order valence-corrected chi connectivity index (χ2v) is 7.02. The lowest BCUT2D eigenvalue weighted by atomic mass is 10.0. The highest BCUT2D eigenvalue weighted by atomic mass is 79.9. The van der Waals surface area contributed by atoms with E-state index >= 15 is 0 Å². The number of benzene rings is 2. The van der Waals surface area contributed by atoms with Crippen molar-refractivity contribution in [3.8, 4) is 0 Å². The van der Waals surface area contributed by atoms with Crippen LogP contribution in [0.25, 0.3) is 0 Å². The Morgan fingerprint density at radius 1 is 1.16 bits per heavy atom. The predicted octanol–water partition coefficient (Wildman–Crippen LogP) is 4.77. The van der Waals surface area contributed by atoms with Gasteiger partial charge in [0.25, 0.3) is 0 Å². The molecule has 0 saturated carbocycles. The molecule has 0 amide bonds. The van der Waals surface area contributed by atoms with E-state index in [0.717, 1.165) is 40.9 Å². The lowest BCUT2D eigenvalue weighted by Crippen LogP contribution is -2.25. The Morgan fingerprint density at radius 3 is 2.92 bits per heavy atom. The van der Waals surface area contributed by atoms with E-state index in [4.69, 9.17) is 0 Å².